The summed E-state index contributed by atoms with van der Waals surface area (Å²) in [5.74, 6) is -2.63. The third-order valence-corrected chi connectivity index (χ3v) is 7.91. The van der Waals surface area contributed by atoms with E-state index in [0.717, 1.165) is 43.7 Å². The van der Waals surface area contributed by atoms with E-state index in [1.165, 1.54) is 0 Å². The lowest BCUT2D eigenvalue weighted by molar-refractivity contribution is 0.0691. The summed E-state index contributed by atoms with van der Waals surface area (Å²) in [5.41, 5.74) is 0.405. The quantitative estimate of drug-likeness (QED) is 0.171. The molecule has 0 spiro atoms. The van der Waals surface area contributed by atoms with Gasteiger partial charge in [0.05, 0.1) is 17.5 Å². The van der Waals surface area contributed by atoms with Gasteiger partial charge in [0, 0.05) is 36.9 Å². The van der Waals surface area contributed by atoms with Crippen molar-refractivity contribution in [1.82, 2.24) is 10.2 Å². The minimum atomic E-state index is -3.36. The smallest absolute Gasteiger partial charge is 0.338 e. The summed E-state index contributed by atoms with van der Waals surface area (Å²) in [6, 6.07) is 14.9. The molecule has 1 aliphatic rings. The Kier molecular flexibility index (Phi) is 12.5. The Labute approximate surface area is 267 Å². The number of nitrogens with zero attached hydrogens (tertiary/aromatic N) is 1. The van der Waals surface area contributed by atoms with Crippen LogP contribution in [0.1, 0.15) is 54.9 Å². The van der Waals surface area contributed by atoms with Crippen LogP contribution in [0.2, 0.25) is 0 Å². The highest BCUT2D eigenvalue weighted by Gasteiger charge is 2.29. The van der Waals surface area contributed by atoms with Crippen LogP contribution in [0, 0.1) is 11.6 Å². The van der Waals surface area contributed by atoms with Crippen molar-refractivity contribution in [1.29, 1.82) is 0 Å². The molecule has 4 rings (SSSR count). The molecular formula is C31H37ClF2N4O6S. The van der Waals surface area contributed by atoms with E-state index in [2.05, 4.69) is 27.2 Å². The fourth-order valence-corrected chi connectivity index (χ4v) is 5.73. The van der Waals surface area contributed by atoms with Crippen LogP contribution in [0.3, 0.4) is 0 Å². The van der Waals surface area contributed by atoms with Crippen molar-refractivity contribution in [3.63, 3.8) is 0 Å². The number of hydrogen-bond acceptors (Lipinski definition) is 6. The van der Waals surface area contributed by atoms with Gasteiger partial charge < -0.3 is 20.5 Å². The lowest BCUT2D eigenvalue weighted by atomic mass is 9.93. The summed E-state index contributed by atoms with van der Waals surface area (Å²) in [7, 11) is -3.36. The minimum Gasteiger partial charge on any atom is -0.478 e. The number of carboxylic acid groups (broad SMARTS) is 1. The van der Waals surface area contributed by atoms with Crippen LogP contribution < -0.4 is 20.1 Å². The summed E-state index contributed by atoms with van der Waals surface area (Å²) >= 11 is 0. The number of unbranched alkanes of at least 4 members (excludes halogenated alkanes) is 1. The second kappa shape index (κ2) is 15.9. The Balaban J connectivity index is 0.00000552. The molecule has 10 nitrogen and oxygen atoms in total. The van der Waals surface area contributed by atoms with Crippen LogP contribution in [-0.2, 0) is 16.6 Å². The topological polar surface area (TPSA) is 137 Å². The Morgan fingerprint density at radius 1 is 1.02 bits per heavy atom. The molecule has 0 bridgehead atoms. The first-order chi connectivity index (χ1) is 20.9. The van der Waals surface area contributed by atoms with Crippen molar-refractivity contribution < 1.29 is 36.6 Å². The van der Waals surface area contributed by atoms with Crippen molar-refractivity contribution in [2.24, 2.45) is 0 Å². The van der Waals surface area contributed by atoms with Crippen LogP contribution in [0.15, 0.2) is 60.7 Å². The molecule has 0 aliphatic carbocycles. The van der Waals surface area contributed by atoms with Gasteiger partial charge in [-0.05, 0) is 67.3 Å². The number of urea groups is 1. The normalized spacial score (nSPS) is 16.7. The summed E-state index contributed by atoms with van der Waals surface area (Å²) in [6.45, 7) is 3.55. The molecule has 14 heteroatoms. The number of ether oxygens (including phenoxy) is 1. The van der Waals surface area contributed by atoms with Crippen LogP contribution >= 0.6 is 12.4 Å². The highest BCUT2D eigenvalue weighted by molar-refractivity contribution is 7.92. The van der Waals surface area contributed by atoms with Crippen molar-refractivity contribution in [2.75, 3.05) is 22.8 Å². The average molecular weight is 667 g/mol. The number of benzene rings is 3. The first-order valence-corrected chi connectivity index (χ1v) is 16.2. The number of carboxylic acids is 1. The standard InChI is InChI=1S/C31H36F2N4O6S.ClH/c1-3-4-5-23-16-22(34-31(40)35-29-17-26(30(38)39)27(32)18-28(29)33)14-15-37(23)19-20-6-10-24(11-7-20)43-25-12-8-21(9-13-25)36-44(2,41)42;/h6-13,17-18,22-23,36H,3-5,14-16,19H2,1-2H3,(H,38,39)(H2,34,35,40);1H. The predicted octanol–water partition coefficient (Wildman–Crippen LogP) is 6.59. The lowest BCUT2D eigenvalue weighted by Gasteiger charge is -2.40. The minimum absolute atomic E-state index is 0. The van der Waals surface area contributed by atoms with Crippen LogP contribution in [0.5, 0.6) is 11.5 Å². The first-order valence-electron chi connectivity index (χ1n) is 14.3. The second-order valence-corrected chi connectivity index (χ2v) is 12.6. The average Bonchev–Trinajstić information content (AvgIpc) is 2.95. The third-order valence-electron chi connectivity index (χ3n) is 7.30. The molecule has 1 fully saturated rings. The number of anilines is 2. The fourth-order valence-electron chi connectivity index (χ4n) is 5.17. The van der Waals surface area contributed by atoms with Gasteiger partial charge in [-0.3, -0.25) is 9.62 Å². The van der Waals surface area contributed by atoms with Crippen LogP contribution in [0.4, 0.5) is 25.0 Å². The maximum absolute atomic E-state index is 14.2. The van der Waals surface area contributed by atoms with Crippen LogP contribution in [-0.4, -0.2) is 55.3 Å². The largest absolute Gasteiger partial charge is 0.478 e. The number of piperidine rings is 1. The van der Waals surface area contributed by atoms with Gasteiger partial charge in [-0.2, -0.15) is 0 Å². The summed E-state index contributed by atoms with van der Waals surface area (Å²) in [5, 5.41) is 14.3. The van der Waals surface area contributed by atoms with E-state index in [-0.39, 0.29) is 24.5 Å². The van der Waals surface area contributed by atoms with Crippen molar-refractivity contribution in [3.05, 3.63) is 83.4 Å². The molecule has 3 aromatic rings. The first kappa shape index (κ1) is 35.5. The molecule has 1 aliphatic heterocycles. The monoisotopic (exact) mass is 666 g/mol. The fraction of sp³-hybridized carbons (Fsp3) is 0.355. The Hall–Kier alpha value is -3.94. The van der Waals surface area contributed by atoms with Crippen molar-refractivity contribution in [3.8, 4) is 11.5 Å². The van der Waals surface area contributed by atoms with Gasteiger partial charge in [-0.1, -0.05) is 31.9 Å². The summed E-state index contributed by atoms with van der Waals surface area (Å²) in [6.07, 6.45) is 5.42. The van der Waals surface area contributed by atoms with Gasteiger partial charge in [0.2, 0.25) is 10.0 Å². The molecule has 0 radical (unpaired) electrons. The molecule has 1 saturated heterocycles. The Morgan fingerprint density at radius 3 is 2.27 bits per heavy atom. The van der Waals surface area contributed by atoms with Gasteiger partial charge in [0.1, 0.15) is 23.1 Å². The highest BCUT2D eigenvalue weighted by atomic mass is 35.5. The Bertz CT molecular complexity index is 1580. The van der Waals surface area contributed by atoms with Gasteiger partial charge in [0.25, 0.3) is 0 Å². The van der Waals surface area contributed by atoms with Crippen LogP contribution in [0.25, 0.3) is 0 Å². The number of carbonyl (C=O) groups is 2. The molecule has 244 valence electrons. The van der Waals surface area contributed by atoms with E-state index in [9.17, 15) is 26.8 Å². The molecule has 0 saturated carbocycles. The maximum atomic E-state index is 14.2. The van der Waals surface area contributed by atoms with Gasteiger partial charge in [-0.25, -0.2) is 26.8 Å². The van der Waals surface area contributed by atoms with Crippen molar-refractivity contribution >= 4 is 45.8 Å². The number of halogens is 3. The Morgan fingerprint density at radius 2 is 1.67 bits per heavy atom. The molecular weight excluding hydrogens is 630 g/mol. The van der Waals surface area contributed by atoms with Gasteiger partial charge >= 0.3 is 12.0 Å². The maximum Gasteiger partial charge on any atom is 0.338 e. The molecule has 2 amide bonds. The number of rotatable bonds is 12. The number of carbonyl (C=O) groups excluding carboxylic acids is 1. The number of hydrogen-bond donors (Lipinski definition) is 4. The summed E-state index contributed by atoms with van der Waals surface area (Å²) in [4.78, 5) is 26.2. The SMILES string of the molecule is CCCCC1CC(NC(=O)Nc2cc(C(=O)O)c(F)cc2F)CCN1Cc1ccc(Oc2ccc(NS(C)(=O)=O)cc2)cc1.Cl. The number of amides is 2. The molecule has 3 aromatic carbocycles. The van der Waals surface area contributed by atoms with Gasteiger partial charge in [-0.15, -0.1) is 12.4 Å². The van der Waals surface area contributed by atoms with E-state index in [4.69, 9.17) is 9.84 Å². The second-order valence-electron chi connectivity index (χ2n) is 10.8. The molecule has 4 N–H and O–H groups in total. The zero-order valence-corrected chi connectivity index (χ0v) is 26.5. The zero-order chi connectivity index (χ0) is 31.9. The van der Waals surface area contributed by atoms with E-state index in [0.29, 0.717) is 42.6 Å². The molecule has 0 aromatic heterocycles. The van der Waals surface area contributed by atoms with Crippen molar-refractivity contribution in [2.45, 2.75) is 57.7 Å². The van der Waals surface area contributed by atoms with E-state index in [1.54, 1.807) is 24.3 Å². The number of likely N-dealkylation sites (tertiary alicyclic amines) is 1. The molecule has 2 atom stereocenters. The number of sulfonamides is 1. The lowest BCUT2D eigenvalue weighted by Crippen LogP contribution is -2.50. The number of aromatic carboxylic acids is 1. The predicted molar refractivity (Wildman–Crippen MR) is 171 cm³/mol. The molecule has 45 heavy (non-hydrogen) atoms. The molecule has 2 unspecified atom stereocenters. The highest BCUT2D eigenvalue weighted by Crippen LogP contribution is 2.27. The number of nitrogens with one attached hydrogen (secondary N) is 3. The van der Waals surface area contributed by atoms with E-state index in [1.807, 2.05) is 24.3 Å². The molecule has 1 heterocycles. The van der Waals surface area contributed by atoms with E-state index >= 15 is 0 Å². The van der Waals surface area contributed by atoms with Gasteiger partial charge in [0.15, 0.2) is 0 Å². The third kappa shape index (κ3) is 10.6. The van der Waals surface area contributed by atoms with E-state index < -0.39 is 44.9 Å². The zero-order valence-electron chi connectivity index (χ0n) is 24.9. The summed E-state index contributed by atoms with van der Waals surface area (Å²) < 4.78 is 59.0.